The average molecular weight is 321 g/mol. The van der Waals surface area contributed by atoms with Gasteiger partial charge in [0, 0.05) is 38.3 Å². The summed E-state index contributed by atoms with van der Waals surface area (Å²) in [6.07, 6.45) is 3.73. The van der Waals surface area contributed by atoms with Gasteiger partial charge in [0.1, 0.15) is 18.0 Å². The highest BCUT2D eigenvalue weighted by Crippen LogP contribution is 2.24. The van der Waals surface area contributed by atoms with Crippen LogP contribution in [0.5, 0.6) is 0 Å². The van der Waals surface area contributed by atoms with Gasteiger partial charge in [0.05, 0.1) is 25.9 Å². The molecule has 2 N–H and O–H groups in total. The van der Waals surface area contributed by atoms with E-state index in [1.165, 1.54) is 0 Å². The Morgan fingerprint density at radius 3 is 2.96 bits per heavy atom. The highest BCUT2D eigenvalue weighted by atomic mass is 16.5. The van der Waals surface area contributed by atoms with Gasteiger partial charge in [-0.1, -0.05) is 0 Å². The van der Waals surface area contributed by atoms with E-state index in [1.54, 1.807) is 6.33 Å². The molecule has 0 bridgehead atoms. The minimum atomic E-state index is 0.181. The summed E-state index contributed by atoms with van der Waals surface area (Å²) in [4.78, 5) is 13.3. The fourth-order valence-corrected chi connectivity index (χ4v) is 3.38. The number of aliphatic hydroxyl groups is 1. The van der Waals surface area contributed by atoms with Crippen molar-refractivity contribution in [1.82, 2.24) is 14.9 Å². The summed E-state index contributed by atoms with van der Waals surface area (Å²) < 4.78 is 5.38. The monoisotopic (exact) mass is 321 g/mol. The minimum absolute atomic E-state index is 0.181. The van der Waals surface area contributed by atoms with E-state index >= 15 is 0 Å². The first kappa shape index (κ1) is 16.4. The molecule has 0 aromatic carbocycles. The lowest BCUT2D eigenvalue weighted by molar-refractivity contribution is 0.0368. The predicted molar refractivity (Wildman–Crippen MR) is 89.8 cm³/mol. The summed E-state index contributed by atoms with van der Waals surface area (Å²) in [6.45, 7) is 7.91. The van der Waals surface area contributed by atoms with Crippen LogP contribution in [-0.2, 0) is 4.74 Å². The number of nitrogens with zero attached hydrogens (tertiary/aromatic N) is 4. The first-order chi connectivity index (χ1) is 11.3. The molecular weight excluding hydrogens is 294 g/mol. The Labute approximate surface area is 137 Å². The molecule has 2 saturated heterocycles. The van der Waals surface area contributed by atoms with Gasteiger partial charge < -0.3 is 20.1 Å². The van der Waals surface area contributed by atoms with E-state index in [2.05, 4.69) is 32.0 Å². The van der Waals surface area contributed by atoms with Crippen LogP contribution in [0, 0.1) is 0 Å². The predicted octanol–water partition coefficient (Wildman–Crippen LogP) is 0.570. The van der Waals surface area contributed by atoms with Crippen LogP contribution in [0.25, 0.3) is 0 Å². The second-order valence-corrected chi connectivity index (χ2v) is 6.39. The van der Waals surface area contributed by atoms with Crippen LogP contribution in [0.3, 0.4) is 0 Å². The number of aromatic nitrogens is 2. The average Bonchev–Trinajstić information content (AvgIpc) is 3.04. The minimum Gasteiger partial charge on any atom is -0.394 e. The van der Waals surface area contributed by atoms with Crippen LogP contribution in [0.1, 0.15) is 19.8 Å². The lowest BCUT2D eigenvalue weighted by atomic mass is 10.2. The molecule has 3 rings (SSSR count). The van der Waals surface area contributed by atoms with Gasteiger partial charge in [-0.15, -0.1) is 0 Å². The maximum Gasteiger partial charge on any atom is 0.134 e. The molecular formula is C16H27N5O2. The normalized spacial score (nSPS) is 23.9. The van der Waals surface area contributed by atoms with Gasteiger partial charge in [-0.05, 0) is 19.8 Å². The molecule has 1 aromatic rings. The first-order valence-electron chi connectivity index (χ1n) is 8.52. The second-order valence-electron chi connectivity index (χ2n) is 6.39. The van der Waals surface area contributed by atoms with Crippen molar-refractivity contribution in [3.63, 3.8) is 0 Å². The summed E-state index contributed by atoms with van der Waals surface area (Å²) in [7, 11) is 0. The van der Waals surface area contributed by atoms with Gasteiger partial charge in [-0.2, -0.15) is 0 Å². The van der Waals surface area contributed by atoms with Crippen molar-refractivity contribution in [3.05, 3.63) is 12.4 Å². The van der Waals surface area contributed by atoms with Gasteiger partial charge in [0.15, 0.2) is 0 Å². The maximum atomic E-state index is 9.48. The van der Waals surface area contributed by atoms with E-state index in [0.717, 1.165) is 63.9 Å². The summed E-state index contributed by atoms with van der Waals surface area (Å²) in [5.74, 6) is 1.75. The number of anilines is 2. The highest BCUT2D eigenvalue weighted by Gasteiger charge is 2.25. The molecule has 0 unspecified atom stereocenters. The zero-order valence-electron chi connectivity index (χ0n) is 13.8. The zero-order valence-corrected chi connectivity index (χ0v) is 13.8. The largest absolute Gasteiger partial charge is 0.394 e. The van der Waals surface area contributed by atoms with Gasteiger partial charge in [0.25, 0.3) is 0 Å². The van der Waals surface area contributed by atoms with E-state index in [4.69, 9.17) is 4.74 Å². The van der Waals surface area contributed by atoms with E-state index in [9.17, 15) is 5.11 Å². The van der Waals surface area contributed by atoms with E-state index < -0.39 is 0 Å². The molecule has 23 heavy (non-hydrogen) atoms. The van der Waals surface area contributed by atoms with Crippen molar-refractivity contribution < 1.29 is 9.84 Å². The molecule has 7 heteroatoms. The molecule has 0 spiro atoms. The fourth-order valence-electron chi connectivity index (χ4n) is 3.38. The van der Waals surface area contributed by atoms with Crippen molar-refractivity contribution in [2.24, 2.45) is 0 Å². The molecule has 128 valence electrons. The maximum absolute atomic E-state index is 9.48. The number of rotatable bonds is 6. The number of hydrogen-bond donors (Lipinski definition) is 2. The number of nitrogens with one attached hydrogen (secondary N) is 1. The lowest BCUT2D eigenvalue weighted by Crippen LogP contribution is -2.42. The third-order valence-corrected chi connectivity index (χ3v) is 4.56. The van der Waals surface area contributed by atoms with E-state index in [0.29, 0.717) is 6.04 Å². The van der Waals surface area contributed by atoms with Gasteiger partial charge in [-0.25, -0.2) is 9.97 Å². The Hall–Kier alpha value is -1.44. The molecule has 1 aromatic heterocycles. The molecule has 0 aliphatic carbocycles. The summed E-state index contributed by atoms with van der Waals surface area (Å²) in [6, 6.07) is 2.48. The SMILES string of the molecule is C[C@@H](CN1CCOCC1)Nc1cc(N2CCC[C@H]2CO)ncn1. The summed E-state index contributed by atoms with van der Waals surface area (Å²) in [5.41, 5.74) is 0. The Morgan fingerprint density at radius 2 is 2.17 bits per heavy atom. The topological polar surface area (TPSA) is 73.8 Å². The molecule has 7 nitrogen and oxygen atoms in total. The van der Waals surface area contributed by atoms with Crippen LogP contribution >= 0.6 is 0 Å². The van der Waals surface area contributed by atoms with Gasteiger partial charge >= 0.3 is 0 Å². The first-order valence-corrected chi connectivity index (χ1v) is 8.52. The number of hydrogen-bond acceptors (Lipinski definition) is 7. The molecule has 2 aliphatic rings. The summed E-state index contributed by atoms with van der Waals surface area (Å²) in [5, 5.41) is 12.9. The molecule has 2 fully saturated rings. The number of morpholine rings is 1. The van der Waals surface area contributed by atoms with Gasteiger partial charge in [-0.3, -0.25) is 4.90 Å². The fraction of sp³-hybridized carbons (Fsp3) is 0.750. The van der Waals surface area contributed by atoms with E-state index in [-0.39, 0.29) is 12.6 Å². The second kappa shape index (κ2) is 7.90. The van der Waals surface area contributed by atoms with Gasteiger partial charge in [0.2, 0.25) is 0 Å². The third kappa shape index (κ3) is 4.31. The zero-order chi connectivity index (χ0) is 16.1. The van der Waals surface area contributed by atoms with Crippen LogP contribution in [0.4, 0.5) is 11.6 Å². The molecule has 0 amide bonds. The van der Waals surface area contributed by atoms with Crippen LogP contribution < -0.4 is 10.2 Å². The summed E-state index contributed by atoms with van der Waals surface area (Å²) >= 11 is 0. The van der Waals surface area contributed by atoms with Crippen LogP contribution in [0.2, 0.25) is 0 Å². The quantitative estimate of drug-likeness (QED) is 0.793. The van der Waals surface area contributed by atoms with Crippen molar-refractivity contribution in [2.75, 3.05) is 56.2 Å². The standard InChI is InChI=1S/C16H27N5O2/c1-13(10-20-5-7-23-8-6-20)19-15-9-16(18-12-17-15)21-4-2-3-14(21)11-22/h9,12-14,22H,2-8,10-11H2,1H3,(H,17,18,19)/t13-,14-/m0/s1. The molecule has 3 heterocycles. The molecule has 0 saturated carbocycles. The Morgan fingerprint density at radius 1 is 1.35 bits per heavy atom. The highest BCUT2D eigenvalue weighted by molar-refractivity contribution is 5.50. The molecule has 0 radical (unpaired) electrons. The lowest BCUT2D eigenvalue weighted by Gasteiger charge is -2.29. The molecule has 2 atom stereocenters. The van der Waals surface area contributed by atoms with Crippen LogP contribution in [0.15, 0.2) is 12.4 Å². The number of aliphatic hydroxyl groups excluding tert-OH is 1. The van der Waals surface area contributed by atoms with Crippen molar-refractivity contribution in [3.8, 4) is 0 Å². The number of ether oxygens (including phenoxy) is 1. The van der Waals surface area contributed by atoms with Crippen LogP contribution in [-0.4, -0.2) is 78.1 Å². The molecule has 2 aliphatic heterocycles. The Bertz CT molecular complexity index is 495. The Balaban J connectivity index is 1.58. The van der Waals surface area contributed by atoms with Crippen molar-refractivity contribution in [1.29, 1.82) is 0 Å². The van der Waals surface area contributed by atoms with Crippen molar-refractivity contribution >= 4 is 11.6 Å². The smallest absolute Gasteiger partial charge is 0.134 e. The van der Waals surface area contributed by atoms with E-state index in [1.807, 2.05) is 6.07 Å². The third-order valence-electron chi connectivity index (χ3n) is 4.56. The Kier molecular flexibility index (Phi) is 5.64. The van der Waals surface area contributed by atoms with Crippen molar-refractivity contribution in [2.45, 2.75) is 31.8 Å².